The van der Waals surface area contributed by atoms with Gasteiger partial charge in [-0.2, -0.15) is 0 Å². The van der Waals surface area contributed by atoms with Crippen molar-refractivity contribution in [2.24, 2.45) is 0 Å². The minimum absolute atomic E-state index is 0.925. The van der Waals surface area contributed by atoms with Gasteiger partial charge in [0.2, 0.25) is 0 Å². The van der Waals surface area contributed by atoms with Gasteiger partial charge in [0.25, 0.3) is 0 Å². The second-order valence-electron chi connectivity index (χ2n) is 12.0. The smallest absolute Gasteiger partial charge is 0.136 e. The summed E-state index contributed by atoms with van der Waals surface area (Å²) in [5, 5.41) is 10.1. The van der Waals surface area contributed by atoms with Gasteiger partial charge in [-0.1, -0.05) is 91.0 Å². The normalized spacial score (nSPS) is 12.3. The van der Waals surface area contributed by atoms with Crippen molar-refractivity contribution in [2.45, 2.75) is 0 Å². The summed E-state index contributed by atoms with van der Waals surface area (Å²) in [6.07, 6.45) is 0. The van der Waals surface area contributed by atoms with E-state index in [1.54, 1.807) is 0 Å². The predicted molar refractivity (Wildman–Crippen MR) is 199 cm³/mol. The molecule has 0 spiro atoms. The Balaban J connectivity index is 1.25. The molecule has 11 rings (SSSR count). The van der Waals surface area contributed by atoms with Crippen molar-refractivity contribution >= 4 is 107 Å². The standard InChI is InChI=1S/C42H23NOS2/c1-4-14-33-25(9-1)29-20-21-30-26-10-3-6-17-36(26)46-42(30)41(29)43(33)24-19-22-37-32(23-24)40-28(13-8-18-38(40)45-37)27-12-7-16-35-39(27)31-11-2-5-15-34(31)44-35/h1-23H. The maximum absolute atomic E-state index is 6.30. The lowest BCUT2D eigenvalue weighted by Crippen LogP contribution is -1.93. The second kappa shape index (κ2) is 9.07. The van der Waals surface area contributed by atoms with Gasteiger partial charge in [0.1, 0.15) is 11.2 Å². The van der Waals surface area contributed by atoms with Gasteiger partial charge >= 0.3 is 0 Å². The highest BCUT2D eigenvalue weighted by molar-refractivity contribution is 7.26. The zero-order valence-corrected chi connectivity index (χ0v) is 26.1. The summed E-state index contributed by atoms with van der Waals surface area (Å²) in [7, 11) is 0. The van der Waals surface area contributed by atoms with E-state index in [9.17, 15) is 0 Å². The summed E-state index contributed by atoms with van der Waals surface area (Å²) in [5.74, 6) is 0. The molecule has 0 amide bonds. The molecule has 0 aliphatic rings. The van der Waals surface area contributed by atoms with E-state index < -0.39 is 0 Å². The number of para-hydroxylation sites is 2. The van der Waals surface area contributed by atoms with Crippen molar-refractivity contribution in [1.29, 1.82) is 0 Å². The number of benzene rings is 7. The highest BCUT2D eigenvalue weighted by Gasteiger charge is 2.20. The molecule has 0 saturated carbocycles. The lowest BCUT2D eigenvalue weighted by molar-refractivity contribution is 0.669. The number of nitrogens with zero attached hydrogens (tertiary/aromatic N) is 1. The fourth-order valence-corrected chi connectivity index (χ4v) is 10.0. The van der Waals surface area contributed by atoms with Crippen LogP contribution in [0.2, 0.25) is 0 Å². The quantitative estimate of drug-likeness (QED) is 0.188. The Morgan fingerprint density at radius 3 is 2.07 bits per heavy atom. The lowest BCUT2D eigenvalue weighted by atomic mass is 9.95. The topological polar surface area (TPSA) is 18.1 Å². The number of rotatable bonds is 2. The lowest BCUT2D eigenvalue weighted by Gasteiger charge is -2.10. The minimum Gasteiger partial charge on any atom is -0.456 e. The Bertz CT molecular complexity index is 3040. The van der Waals surface area contributed by atoms with Gasteiger partial charge in [0.15, 0.2) is 0 Å². The molecule has 11 aromatic rings. The second-order valence-corrected chi connectivity index (χ2v) is 14.2. The van der Waals surface area contributed by atoms with Crippen molar-refractivity contribution in [1.82, 2.24) is 4.57 Å². The summed E-state index contributed by atoms with van der Waals surface area (Å²) >= 11 is 3.77. The van der Waals surface area contributed by atoms with E-state index in [0.717, 1.165) is 16.6 Å². The van der Waals surface area contributed by atoms with E-state index in [1.165, 1.54) is 84.4 Å². The monoisotopic (exact) mass is 621 g/mol. The molecule has 0 aliphatic carbocycles. The third-order valence-corrected chi connectivity index (χ3v) is 11.9. The van der Waals surface area contributed by atoms with E-state index >= 15 is 0 Å². The van der Waals surface area contributed by atoms with Crippen molar-refractivity contribution in [3.8, 4) is 16.8 Å². The number of thiophene rings is 2. The fraction of sp³-hybridized carbons (Fsp3) is 0. The maximum atomic E-state index is 6.30. The first kappa shape index (κ1) is 24.8. The Kier molecular flexibility index (Phi) is 4.90. The zero-order chi connectivity index (χ0) is 29.9. The molecule has 0 unspecified atom stereocenters. The largest absolute Gasteiger partial charge is 0.456 e. The molecule has 0 fully saturated rings. The maximum Gasteiger partial charge on any atom is 0.136 e. The van der Waals surface area contributed by atoms with Gasteiger partial charge in [-0.25, -0.2) is 0 Å². The number of hydrogen-bond donors (Lipinski definition) is 0. The third kappa shape index (κ3) is 3.24. The van der Waals surface area contributed by atoms with Gasteiger partial charge in [-0.15, -0.1) is 22.7 Å². The number of aromatic nitrogens is 1. The molecule has 0 saturated heterocycles. The molecule has 2 nitrogen and oxygen atoms in total. The van der Waals surface area contributed by atoms with Gasteiger partial charge in [0, 0.05) is 62.9 Å². The van der Waals surface area contributed by atoms with E-state index in [2.05, 4.69) is 138 Å². The summed E-state index contributed by atoms with van der Waals surface area (Å²) < 4.78 is 14.1. The Morgan fingerprint density at radius 2 is 1.13 bits per heavy atom. The summed E-state index contributed by atoms with van der Waals surface area (Å²) in [6.45, 7) is 0. The third-order valence-electron chi connectivity index (χ3n) is 9.61. The zero-order valence-electron chi connectivity index (χ0n) is 24.5. The van der Waals surface area contributed by atoms with Crippen LogP contribution < -0.4 is 0 Å². The van der Waals surface area contributed by atoms with Crippen molar-refractivity contribution in [2.75, 3.05) is 0 Å². The molecule has 214 valence electrons. The molecular weight excluding hydrogens is 599 g/mol. The first-order chi connectivity index (χ1) is 22.8. The van der Waals surface area contributed by atoms with Crippen LogP contribution in [0.25, 0.3) is 101 Å². The molecule has 4 aromatic heterocycles. The molecule has 0 N–H and O–H groups in total. The van der Waals surface area contributed by atoms with E-state index in [-0.39, 0.29) is 0 Å². The molecule has 7 aromatic carbocycles. The number of hydrogen-bond acceptors (Lipinski definition) is 3. The average molecular weight is 622 g/mol. The number of fused-ring (bicyclic) bond motifs is 13. The van der Waals surface area contributed by atoms with E-state index in [0.29, 0.717) is 0 Å². The van der Waals surface area contributed by atoms with Crippen LogP contribution in [0, 0.1) is 0 Å². The van der Waals surface area contributed by atoms with Crippen LogP contribution in [-0.2, 0) is 0 Å². The highest BCUT2D eigenvalue weighted by atomic mass is 32.1. The molecule has 0 radical (unpaired) electrons. The Morgan fingerprint density at radius 1 is 0.435 bits per heavy atom. The SMILES string of the molecule is c1ccc2c(c1)oc1cccc(-c3cccc4sc5ccc(-n6c7ccccc7c7ccc8c9ccccc9sc8c76)cc5c34)c12. The predicted octanol–water partition coefficient (Wildman–Crippen LogP) is 13.1. The average Bonchev–Trinajstić information content (AvgIpc) is 3.86. The van der Waals surface area contributed by atoms with Crippen LogP contribution in [0.5, 0.6) is 0 Å². The summed E-state index contributed by atoms with van der Waals surface area (Å²) in [6, 6.07) is 50.9. The van der Waals surface area contributed by atoms with Crippen LogP contribution in [0.4, 0.5) is 0 Å². The molecule has 0 bridgehead atoms. The molecule has 4 heterocycles. The van der Waals surface area contributed by atoms with E-state index in [1.807, 2.05) is 28.7 Å². The fourth-order valence-electron chi connectivity index (χ4n) is 7.68. The van der Waals surface area contributed by atoms with Gasteiger partial charge < -0.3 is 8.98 Å². The highest BCUT2D eigenvalue weighted by Crippen LogP contribution is 2.46. The van der Waals surface area contributed by atoms with Crippen LogP contribution in [0.15, 0.2) is 144 Å². The van der Waals surface area contributed by atoms with Gasteiger partial charge in [-0.3, -0.25) is 0 Å². The molecule has 0 aliphatic heterocycles. The minimum atomic E-state index is 0.925. The van der Waals surface area contributed by atoms with Crippen molar-refractivity contribution in [3.63, 3.8) is 0 Å². The van der Waals surface area contributed by atoms with Crippen molar-refractivity contribution < 1.29 is 4.42 Å². The Hall–Kier alpha value is -5.42. The summed E-state index contributed by atoms with van der Waals surface area (Å²) in [5.41, 5.74) is 8.01. The summed E-state index contributed by atoms with van der Waals surface area (Å²) in [4.78, 5) is 0. The Labute approximate surface area is 270 Å². The van der Waals surface area contributed by atoms with Crippen LogP contribution in [-0.4, -0.2) is 4.57 Å². The number of furan rings is 1. The molecule has 4 heteroatoms. The van der Waals surface area contributed by atoms with Gasteiger partial charge in [-0.05, 0) is 59.7 Å². The molecule has 46 heavy (non-hydrogen) atoms. The van der Waals surface area contributed by atoms with Crippen molar-refractivity contribution in [3.05, 3.63) is 140 Å². The first-order valence-corrected chi connectivity index (χ1v) is 17.1. The van der Waals surface area contributed by atoms with Crippen LogP contribution in [0.3, 0.4) is 0 Å². The molecular formula is C42H23NOS2. The molecule has 0 atom stereocenters. The van der Waals surface area contributed by atoms with Crippen LogP contribution >= 0.6 is 22.7 Å². The van der Waals surface area contributed by atoms with Gasteiger partial charge in [0.05, 0.1) is 15.7 Å². The van der Waals surface area contributed by atoms with E-state index in [4.69, 9.17) is 4.42 Å². The van der Waals surface area contributed by atoms with Crippen LogP contribution in [0.1, 0.15) is 0 Å². The first-order valence-electron chi connectivity index (χ1n) is 15.5.